The summed E-state index contributed by atoms with van der Waals surface area (Å²) in [5.74, 6) is 2.63. The number of alkyl halides is 3. The molecule has 47 heavy (non-hydrogen) atoms. The summed E-state index contributed by atoms with van der Waals surface area (Å²) in [6.45, 7) is 16.0. The molecule has 11 nitrogen and oxygen atoms in total. The van der Waals surface area contributed by atoms with Crippen LogP contribution in [-0.4, -0.2) is 83.4 Å². The van der Waals surface area contributed by atoms with Gasteiger partial charge in [0.2, 0.25) is 25.1 Å². The molecule has 0 spiro atoms. The average Bonchev–Trinajstić information content (AvgIpc) is 3.56. The first kappa shape index (κ1) is 43.4. The number of fused-ring (bicyclic) bond motifs is 1. The molecule has 0 bridgehead atoms. The predicted molar refractivity (Wildman–Crippen MR) is 174 cm³/mol. The summed E-state index contributed by atoms with van der Waals surface area (Å²) in [6.07, 6.45) is 3.80. The van der Waals surface area contributed by atoms with E-state index in [2.05, 4.69) is 56.3 Å². The number of pyridine rings is 1. The molecule has 4 rings (SSSR count). The molecule has 2 saturated heterocycles. The van der Waals surface area contributed by atoms with E-state index in [1.807, 2.05) is 11.8 Å². The molecule has 3 N–H and O–H groups in total. The van der Waals surface area contributed by atoms with Gasteiger partial charge in [-0.15, -0.1) is 0 Å². The first-order chi connectivity index (χ1) is 21.7. The summed E-state index contributed by atoms with van der Waals surface area (Å²) < 4.78 is 31.1. The number of halogens is 4. The van der Waals surface area contributed by atoms with Gasteiger partial charge in [0.25, 0.3) is 0 Å². The molecule has 1 aliphatic carbocycles. The highest BCUT2D eigenvalue weighted by atomic mass is 35.5. The second-order valence-electron chi connectivity index (χ2n) is 13.5. The highest BCUT2D eigenvalue weighted by Crippen LogP contribution is 2.39. The topological polar surface area (TPSA) is 156 Å². The SMILES string of the molecule is CC(C)(C)C.CC(F)(F)F.CC1C[C@@H](C#N)N(C=O)C1.C[C@@H]1CCCC2CN(C(=O)CNC=O)CC21.O=CNc1ncc(Cl)cc1O. The van der Waals surface area contributed by atoms with Crippen molar-refractivity contribution in [1.29, 1.82) is 5.26 Å². The van der Waals surface area contributed by atoms with E-state index in [1.165, 1.54) is 31.5 Å². The summed E-state index contributed by atoms with van der Waals surface area (Å²) in [7, 11) is 0. The Bertz CT molecular complexity index is 1140. The van der Waals surface area contributed by atoms with Crippen LogP contribution in [0.15, 0.2) is 12.3 Å². The van der Waals surface area contributed by atoms with E-state index in [0.29, 0.717) is 41.0 Å². The maximum atomic E-state index is 11.8. The fraction of sp³-hybridized carbons (Fsp3) is 0.688. The fourth-order valence-corrected chi connectivity index (χ4v) is 5.28. The zero-order valence-electron chi connectivity index (χ0n) is 28.3. The number of aromatic hydroxyl groups is 1. The number of anilines is 1. The van der Waals surface area contributed by atoms with Gasteiger partial charge in [-0.25, -0.2) is 4.98 Å². The lowest BCUT2D eigenvalue weighted by Gasteiger charge is -2.29. The Hall–Kier alpha value is -3.60. The summed E-state index contributed by atoms with van der Waals surface area (Å²) >= 11 is 5.48. The van der Waals surface area contributed by atoms with Gasteiger partial charge in [0.15, 0.2) is 11.6 Å². The number of carbonyl (C=O) groups is 4. The molecule has 3 unspecified atom stereocenters. The van der Waals surface area contributed by atoms with E-state index in [-0.39, 0.29) is 37.0 Å². The van der Waals surface area contributed by atoms with Gasteiger partial charge in [-0.2, -0.15) is 18.4 Å². The Labute approximate surface area is 281 Å². The molecule has 4 amide bonds. The average molecular weight is 691 g/mol. The van der Waals surface area contributed by atoms with Crippen molar-refractivity contribution in [3.05, 3.63) is 17.3 Å². The van der Waals surface area contributed by atoms with Gasteiger partial charge in [-0.1, -0.05) is 66.0 Å². The minimum absolute atomic E-state index is 0.0636. The van der Waals surface area contributed by atoms with E-state index in [1.54, 1.807) is 4.90 Å². The Morgan fingerprint density at radius 2 is 1.70 bits per heavy atom. The lowest BCUT2D eigenvalue weighted by Crippen LogP contribution is -2.36. The number of rotatable bonds is 6. The van der Waals surface area contributed by atoms with Crippen LogP contribution in [0.25, 0.3) is 0 Å². The van der Waals surface area contributed by atoms with Crippen molar-refractivity contribution in [2.75, 3.05) is 31.5 Å². The molecule has 0 aromatic carbocycles. The van der Waals surface area contributed by atoms with Crippen LogP contribution in [0.2, 0.25) is 5.02 Å². The second-order valence-corrected chi connectivity index (χ2v) is 13.9. The molecule has 3 aliphatic rings. The van der Waals surface area contributed by atoms with Gasteiger partial charge in [0.05, 0.1) is 17.6 Å². The Kier molecular flexibility index (Phi) is 19.7. The van der Waals surface area contributed by atoms with Crippen molar-refractivity contribution < 1.29 is 37.5 Å². The smallest absolute Gasteiger partial charge is 0.386 e. The number of nitrogens with one attached hydrogen (secondary N) is 2. The zero-order chi connectivity index (χ0) is 36.4. The second kappa shape index (κ2) is 21.3. The maximum absolute atomic E-state index is 11.8. The molecule has 3 heterocycles. The zero-order valence-corrected chi connectivity index (χ0v) is 29.1. The van der Waals surface area contributed by atoms with E-state index in [4.69, 9.17) is 22.0 Å². The van der Waals surface area contributed by atoms with Crippen LogP contribution in [0.1, 0.15) is 74.1 Å². The fourth-order valence-electron chi connectivity index (χ4n) is 5.12. The van der Waals surface area contributed by atoms with Crippen LogP contribution >= 0.6 is 11.6 Å². The molecular formula is C32H50ClF3N6O5. The summed E-state index contributed by atoms with van der Waals surface area (Å²) in [5, 5.41) is 22.6. The van der Waals surface area contributed by atoms with Gasteiger partial charge in [0.1, 0.15) is 6.04 Å². The van der Waals surface area contributed by atoms with Gasteiger partial charge in [0, 0.05) is 38.8 Å². The van der Waals surface area contributed by atoms with Crippen molar-refractivity contribution in [3.8, 4) is 11.8 Å². The number of likely N-dealkylation sites (tertiary alicyclic amines) is 2. The Morgan fingerprint density at radius 1 is 1.11 bits per heavy atom. The number of nitrogens with zero attached hydrogens (tertiary/aromatic N) is 4. The number of hydrogen-bond donors (Lipinski definition) is 3. The van der Waals surface area contributed by atoms with E-state index < -0.39 is 6.18 Å². The normalized spacial score (nSPS) is 22.8. The van der Waals surface area contributed by atoms with Gasteiger partial charge in [-0.05, 0) is 41.9 Å². The quantitative estimate of drug-likeness (QED) is 0.327. The minimum Gasteiger partial charge on any atom is -0.504 e. The van der Waals surface area contributed by atoms with Crippen molar-refractivity contribution >= 4 is 42.6 Å². The summed E-state index contributed by atoms with van der Waals surface area (Å²) in [5.41, 5.74) is 0.500. The summed E-state index contributed by atoms with van der Waals surface area (Å²) in [6, 6.07) is 3.21. The largest absolute Gasteiger partial charge is 0.504 e. The molecule has 1 saturated carbocycles. The number of hydrogen-bond acceptors (Lipinski definition) is 7. The first-order valence-electron chi connectivity index (χ1n) is 15.4. The van der Waals surface area contributed by atoms with Crippen molar-refractivity contribution in [1.82, 2.24) is 20.1 Å². The van der Waals surface area contributed by atoms with Crippen molar-refractivity contribution in [2.24, 2.45) is 29.1 Å². The van der Waals surface area contributed by atoms with Crippen LogP contribution < -0.4 is 10.6 Å². The summed E-state index contributed by atoms with van der Waals surface area (Å²) in [4.78, 5) is 49.2. The number of aromatic nitrogens is 1. The van der Waals surface area contributed by atoms with Crippen LogP contribution in [0.4, 0.5) is 19.0 Å². The van der Waals surface area contributed by atoms with E-state index in [0.717, 1.165) is 38.4 Å². The molecule has 3 fully saturated rings. The highest BCUT2D eigenvalue weighted by Gasteiger charge is 2.39. The molecule has 5 atom stereocenters. The molecule has 1 aromatic heterocycles. The lowest BCUT2D eigenvalue weighted by molar-refractivity contribution is -0.130. The lowest BCUT2D eigenvalue weighted by atomic mass is 9.75. The van der Waals surface area contributed by atoms with Gasteiger partial charge >= 0.3 is 6.18 Å². The number of amides is 4. The standard InChI is InChI=1S/C12H20N2O2.C7H10N2O.C6H5ClN2O2.C5H12.C2H3F3/c1-9-3-2-4-10-6-14(7-11(9)10)12(16)5-13-8-15;1-6-2-7(3-8)9(4-6)5-10;7-4-1-5(11)6(8-2-4)9-3-10;1-5(2,3)4;1-2(3,4)5/h8-11H,2-7H2,1H3,(H,13,15);5-7H,2,4H2,1H3;1-3,11H,(H,8,9,10);1-4H3;1H3/t9-,10?,11?;6?,7-;;;/m10.../s1. The predicted octanol–water partition coefficient (Wildman–Crippen LogP) is 5.63. The third-order valence-electron chi connectivity index (χ3n) is 7.01. The molecule has 0 radical (unpaired) electrons. The molecule has 1 aromatic rings. The van der Waals surface area contributed by atoms with Gasteiger partial charge in [-0.3, -0.25) is 19.2 Å². The Morgan fingerprint density at radius 3 is 2.15 bits per heavy atom. The van der Waals surface area contributed by atoms with Crippen LogP contribution in [-0.2, 0) is 19.2 Å². The number of carbonyl (C=O) groups excluding carboxylic acids is 4. The van der Waals surface area contributed by atoms with Crippen molar-refractivity contribution in [2.45, 2.75) is 86.4 Å². The van der Waals surface area contributed by atoms with Crippen molar-refractivity contribution in [3.63, 3.8) is 0 Å². The van der Waals surface area contributed by atoms with Gasteiger partial charge < -0.3 is 25.5 Å². The van der Waals surface area contributed by atoms with Crippen LogP contribution in [0.5, 0.6) is 5.75 Å². The van der Waals surface area contributed by atoms with E-state index >= 15 is 0 Å². The minimum atomic E-state index is -4.00. The monoisotopic (exact) mass is 690 g/mol. The molecular weight excluding hydrogens is 641 g/mol. The highest BCUT2D eigenvalue weighted by molar-refractivity contribution is 6.30. The first-order valence-corrected chi connectivity index (χ1v) is 15.8. The number of nitriles is 1. The third-order valence-corrected chi connectivity index (χ3v) is 7.22. The Balaban J connectivity index is 0.000000605. The molecule has 15 heteroatoms. The molecule has 266 valence electrons. The van der Waals surface area contributed by atoms with E-state index in [9.17, 15) is 32.3 Å². The maximum Gasteiger partial charge on any atom is 0.386 e. The molecule has 2 aliphatic heterocycles. The van der Waals surface area contributed by atoms with Crippen LogP contribution in [0.3, 0.4) is 0 Å². The third kappa shape index (κ3) is 20.3. The van der Waals surface area contributed by atoms with Crippen LogP contribution in [0, 0.1) is 40.4 Å².